The Morgan fingerprint density at radius 2 is 1.67 bits per heavy atom. The van der Waals surface area contributed by atoms with Gasteiger partial charge in [-0.1, -0.05) is 18.2 Å². The molecule has 3 nitrogen and oxygen atoms in total. The standard InChI is InChI=1S/C18H31N3/c1-14-6-7-16(12-15(14)2)17(13-19)20-8-10-21(11-9-20)18(3,4)5/h6-7,12,17H,8-11,13,19H2,1-5H3. The van der Waals surface area contributed by atoms with Gasteiger partial charge >= 0.3 is 0 Å². The van der Waals surface area contributed by atoms with Crippen LogP contribution in [0.2, 0.25) is 0 Å². The van der Waals surface area contributed by atoms with E-state index in [0.717, 1.165) is 26.2 Å². The zero-order chi connectivity index (χ0) is 15.6. The average molecular weight is 289 g/mol. The topological polar surface area (TPSA) is 32.5 Å². The number of piperazine rings is 1. The van der Waals surface area contributed by atoms with Crippen LogP contribution in [0.1, 0.15) is 43.5 Å². The molecule has 1 aliphatic rings. The van der Waals surface area contributed by atoms with Crippen molar-refractivity contribution in [1.82, 2.24) is 9.80 Å². The molecule has 1 atom stereocenters. The summed E-state index contributed by atoms with van der Waals surface area (Å²) < 4.78 is 0. The van der Waals surface area contributed by atoms with Crippen molar-refractivity contribution in [3.63, 3.8) is 0 Å². The fourth-order valence-electron chi connectivity index (χ4n) is 3.17. The Hall–Kier alpha value is -0.900. The lowest BCUT2D eigenvalue weighted by Crippen LogP contribution is -2.54. The molecule has 118 valence electrons. The second-order valence-electron chi connectivity index (χ2n) is 7.29. The van der Waals surface area contributed by atoms with Crippen molar-refractivity contribution in [2.45, 2.75) is 46.2 Å². The molecule has 2 rings (SSSR count). The summed E-state index contributed by atoms with van der Waals surface area (Å²) in [6.45, 7) is 16.4. The Balaban J connectivity index is 2.07. The van der Waals surface area contributed by atoms with E-state index in [2.05, 4.69) is 62.6 Å². The maximum absolute atomic E-state index is 6.09. The van der Waals surface area contributed by atoms with E-state index in [1.54, 1.807) is 0 Å². The van der Waals surface area contributed by atoms with Crippen LogP contribution in [0.4, 0.5) is 0 Å². The third kappa shape index (κ3) is 3.85. The van der Waals surface area contributed by atoms with Gasteiger partial charge in [0.1, 0.15) is 0 Å². The van der Waals surface area contributed by atoms with E-state index < -0.39 is 0 Å². The lowest BCUT2D eigenvalue weighted by atomic mass is 9.98. The fourth-order valence-corrected chi connectivity index (χ4v) is 3.17. The smallest absolute Gasteiger partial charge is 0.0471 e. The monoisotopic (exact) mass is 289 g/mol. The lowest BCUT2D eigenvalue weighted by Gasteiger charge is -2.44. The Morgan fingerprint density at radius 1 is 1.05 bits per heavy atom. The molecule has 0 spiro atoms. The molecule has 1 aromatic carbocycles. The molecule has 1 unspecified atom stereocenters. The highest BCUT2D eigenvalue weighted by molar-refractivity contribution is 5.32. The Bertz CT molecular complexity index is 468. The van der Waals surface area contributed by atoms with Gasteiger partial charge in [0.25, 0.3) is 0 Å². The van der Waals surface area contributed by atoms with Crippen molar-refractivity contribution in [2.75, 3.05) is 32.7 Å². The summed E-state index contributed by atoms with van der Waals surface area (Å²) in [4.78, 5) is 5.11. The molecular formula is C18H31N3. The molecule has 0 aromatic heterocycles. The Morgan fingerprint density at radius 3 is 2.14 bits per heavy atom. The highest BCUT2D eigenvalue weighted by Gasteiger charge is 2.29. The molecule has 0 saturated carbocycles. The van der Waals surface area contributed by atoms with Crippen molar-refractivity contribution in [2.24, 2.45) is 5.73 Å². The number of nitrogens with zero attached hydrogens (tertiary/aromatic N) is 2. The van der Waals surface area contributed by atoms with Crippen LogP contribution in [0, 0.1) is 13.8 Å². The van der Waals surface area contributed by atoms with Gasteiger partial charge in [-0.15, -0.1) is 0 Å². The number of hydrogen-bond acceptors (Lipinski definition) is 3. The van der Waals surface area contributed by atoms with E-state index in [1.165, 1.54) is 16.7 Å². The van der Waals surface area contributed by atoms with Crippen molar-refractivity contribution in [3.8, 4) is 0 Å². The average Bonchev–Trinajstić information content (AvgIpc) is 2.43. The van der Waals surface area contributed by atoms with Gasteiger partial charge in [0, 0.05) is 44.3 Å². The van der Waals surface area contributed by atoms with E-state index in [0.29, 0.717) is 12.6 Å². The van der Waals surface area contributed by atoms with Crippen LogP contribution in [-0.4, -0.2) is 48.1 Å². The lowest BCUT2D eigenvalue weighted by molar-refractivity contribution is 0.0433. The molecule has 1 aromatic rings. The van der Waals surface area contributed by atoms with Crippen LogP contribution in [0.5, 0.6) is 0 Å². The summed E-state index contributed by atoms with van der Waals surface area (Å²) in [6.07, 6.45) is 0. The minimum Gasteiger partial charge on any atom is -0.329 e. The second kappa shape index (κ2) is 6.47. The maximum Gasteiger partial charge on any atom is 0.0471 e. The molecule has 0 bridgehead atoms. The molecule has 1 saturated heterocycles. The molecule has 3 heteroatoms. The van der Waals surface area contributed by atoms with E-state index >= 15 is 0 Å². The molecular weight excluding hydrogens is 258 g/mol. The Labute approximate surface area is 130 Å². The normalized spacial score (nSPS) is 19.7. The van der Waals surface area contributed by atoms with Crippen molar-refractivity contribution in [1.29, 1.82) is 0 Å². The molecule has 1 heterocycles. The van der Waals surface area contributed by atoms with Crippen molar-refractivity contribution < 1.29 is 0 Å². The minimum atomic E-state index is 0.269. The highest BCUT2D eigenvalue weighted by atomic mass is 15.3. The summed E-state index contributed by atoms with van der Waals surface area (Å²) in [5.74, 6) is 0. The third-order valence-electron chi connectivity index (χ3n) is 4.84. The third-order valence-corrected chi connectivity index (χ3v) is 4.84. The zero-order valence-corrected chi connectivity index (χ0v) is 14.3. The fraction of sp³-hybridized carbons (Fsp3) is 0.667. The SMILES string of the molecule is Cc1ccc(C(CN)N2CCN(C(C)(C)C)CC2)cc1C. The first-order chi connectivity index (χ1) is 9.82. The molecule has 0 amide bonds. The minimum absolute atomic E-state index is 0.269. The van der Waals surface area contributed by atoms with Gasteiger partial charge in [0.15, 0.2) is 0 Å². The number of benzene rings is 1. The maximum atomic E-state index is 6.09. The first-order valence-electron chi connectivity index (χ1n) is 8.09. The van der Waals surface area contributed by atoms with Crippen LogP contribution in [0.15, 0.2) is 18.2 Å². The molecule has 1 fully saturated rings. The van der Waals surface area contributed by atoms with E-state index in [1.807, 2.05) is 0 Å². The van der Waals surface area contributed by atoms with Crippen LogP contribution >= 0.6 is 0 Å². The highest BCUT2D eigenvalue weighted by Crippen LogP contribution is 2.25. The van der Waals surface area contributed by atoms with E-state index in [-0.39, 0.29) is 5.54 Å². The van der Waals surface area contributed by atoms with Gasteiger partial charge in [0.05, 0.1) is 0 Å². The molecule has 2 N–H and O–H groups in total. The summed E-state index contributed by atoms with van der Waals surface area (Å²) >= 11 is 0. The van der Waals surface area contributed by atoms with Crippen molar-refractivity contribution >= 4 is 0 Å². The first kappa shape index (κ1) is 16.5. The van der Waals surface area contributed by atoms with Crippen LogP contribution in [-0.2, 0) is 0 Å². The van der Waals surface area contributed by atoms with Gasteiger partial charge in [-0.2, -0.15) is 0 Å². The van der Waals surface area contributed by atoms with Gasteiger partial charge in [-0.3, -0.25) is 9.80 Å². The number of nitrogens with two attached hydrogens (primary N) is 1. The molecule has 0 aliphatic carbocycles. The summed E-state index contributed by atoms with van der Waals surface area (Å²) in [6, 6.07) is 7.13. The van der Waals surface area contributed by atoms with Gasteiger partial charge in [0.2, 0.25) is 0 Å². The number of aryl methyl sites for hydroxylation is 2. The Kier molecular flexibility index (Phi) is 5.07. The first-order valence-corrected chi connectivity index (χ1v) is 8.09. The van der Waals surface area contributed by atoms with Crippen LogP contribution in [0.25, 0.3) is 0 Å². The zero-order valence-electron chi connectivity index (χ0n) is 14.3. The summed E-state index contributed by atoms with van der Waals surface area (Å²) in [5.41, 5.74) is 10.4. The predicted molar refractivity (Wildman–Crippen MR) is 90.6 cm³/mol. The number of rotatable bonds is 3. The van der Waals surface area contributed by atoms with Crippen LogP contribution in [0.3, 0.4) is 0 Å². The largest absolute Gasteiger partial charge is 0.329 e. The van der Waals surface area contributed by atoms with E-state index in [9.17, 15) is 0 Å². The number of hydrogen-bond donors (Lipinski definition) is 1. The quantitative estimate of drug-likeness (QED) is 0.928. The van der Waals surface area contributed by atoms with Gasteiger partial charge in [-0.25, -0.2) is 0 Å². The predicted octanol–water partition coefficient (Wildman–Crippen LogP) is 2.72. The summed E-state index contributed by atoms with van der Waals surface area (Å²) in [5, 5.41) is 0. The molecule has 0 radical (unpaired) electrons. The van der Waals surface area contributed by atoms with E-state index in [4.69, 9.17) is 5.73 Å². The molecule has 1 aliphatic heterocycles. The van der Waals surface area contributed by atoms with Crippen LogP contribution < -0.4 is 5.73 Å². The van der Waals surface area contributed by atoms with Crippen molar-refractivity contribution in [3.05, 3.63) is 34.9 Å². The second-order valence-corrected chi connectivity index (χ2v) is 7.29. The van der Waals surface area contributed by atoms with Gasteiger partial charge in [-0.05, 0) is 51.3 Å². The molecule has 21 heavy (non-hydrogen) atoms. The summed E-state index contributed by atoms with van der Waals surface area (Å²) in [7, 11) is 0. The van der Waals surface area contributed by atoms with Gasteiger partial charge < -0.3 is 5.73 Å².